The first-order chi connectivity index (χ1) is 42.2. The van der Waals surface area contributed by atoms with E-state index in [0.29, 0.717) is 0 Å². The third-order valence-corrected chi connectivity index (χ3v) is 17.9. The van der Waals surface area contributed by atoms with Crippen LogP contribution in [0.25, 0.3) is 135 Å². The molecular weight excluding hydrogens is 1020 g/mol. The van der Waals surface area contributed by atoms with Gasteiger partial charge in [0.15, 0.2) is 0 Å². The van der Waals surface area contributed by atoms with Crippen LogP contribution in [0.1, 0.15) is 44.5 Å². The van der Waals surface area contributed by atoms with Gasteiger partial charge < -0.3 is 4.90 Å². The van der Waals surface area contributed by atoms with E-state index in [1.807, 2.05) is 0 Å². The van der Waals surface area contributed by atoms with Crippen molar-refractivity contribution >= 4 is 84.8 Å². The summed E-state index contributed by atoms with van der Waals surface area (Å²) in [6.07, 6.45) is 9.04. The van der Waals surface area contributed by atoms with Gasteiger partial charge in [-0.1, -0.05) is 273 Å². The summed E-state index contributed by atoms with van der Waals surface area (Å²) in [6, 6.07) is 110. The molecule has 0 aliphatic heterocycles. The molecule has 0 bridgehead atoms. The second-order valence-corrected chi connectivity index (χ2v) is 22.6. The minimum absolute atomic E-state index is 1.07. The van der Waals surface area contributed by atoms with Crippen molar-refractivity contribution in [1.29, 1.82) is 0 Å². The summed E-state index contributed by atoms with van der Waals surface area (Å²) < 4.78 is 0. The number of anilines is 3. The lowest BCUT2D eigenvalue weighted by Crippen LogP contribution is -2.09. The van der Waals surface area contributed by atoms with E-state index in [9.17, 15) is 0 Å². The molecule has 3 aliphatic carbocycles. The van der Waals surface area contributed by atoms with Crippen LogP contribution in [-0.4, -0.2) is 0 Å². The lowest BCUT2D eigenvalue weighted by atomic mass is 9.87. The van der Waals surface area contributed by atoms with Crippen molar-refractivity contribution in [3.05, 3.63) is 342 Å². The first-order valence-corrected chi connectivity index (χ1v) is 29.5. The van der Waals surface area contributed by atoms with Crippen LogP contribution in [-0.2, 0) is 0 Å². The van der Waals surface area contributed by atoms with E-state index in [1.54, 1.807) is 0 Å². The van der Waals surface area contributed by atoms with Crippen LogP contribution >= 0.6 is 0 Å². The fourth-order valence-corrected chi connectivity index (χ4v) is 14.1. The molecule has 1 heteroatoms. The number of hydrogen-bond donors (Lipinski definition) is 0. The van der Waals surface area contributed by atoms with E-state index < -0.39 is 0 Å². The maximum absolute atomic E-state index is 2.41. The topological polar surface area (TPSA) is 3.24 Å². The monoisotopic (exact) mass is 1080 g/mol. The molecule has 0 atom stereocenters. The zero-order chi connectivity index (χ0) is 56.0. The van der Waals surface area contributed by atoms with E-state index in [1.165, 1.54) is 149 Å². The third kappa shape index (κ3) is 8.00. The van der Waals surface area contributed by atoms with Gasteiger partial charge in [-0.25, -0.2) is 0 Å². The van der Waals surface area contributed by atoms with Gasteiger partial charge in [-0.15, -0.1) is 0 Å². The molecule has 394 valence electrons. The summed E-state index contributed by atoms with van der Waals surface area (Å²) in [5.41, 5.74) is 30.4. The minimum Gasteiger partial charge on any atom is -0.311 e. The molecule has 0 saturated carbocycles. The van der Waals surface area contributed by atoms with E-state index >= 15 is 0 Å². The van der Waals surface area contributed by atoms with Gasteiger partial charge >= 0.3 is 0 Å². The lowest BCUT2D eigenvalue weighted by molar-refractivity contribution is 1.28. The fraction of sp³-hybridized carbons (Fsp3) is 0. The highest BCUT2D eigenvalue weighted by molar-refractivity contribution is 6.25. The molecule has 1 nitrogen and oxygen atoms in total. The molecule has 0 amide bonds. The van der Waals surface area contributed by atoms with Crippen molar-refractivity contribution < 1.29 is 0 Å². The molecule has 0 N–H and O–H groups in total. The number of nitrogens with zero attached hydrogens (tertiary/aromatic N) is 1. The van der Waals surface area contributed by atoms with Crippen LogP contribution in [0.5, 0.6) is 0 Å². The zero-order valence-corrected chi connectivity index (χ0v) is 46.5. The molecule has 14 aromatic rings. The maximum atomic E-state index is 2.41. The second-order valence-electron chi connectivity index (χ2n) is 22.6. The van der Waals surface area contributed by atoms with Crippen molar-refractivity contribution in [2.45, 2.75) is 0 Å². The molecule has 17 rings (SSSR count). The molecule has 0 heterocycles. The van der Waals surface area contributed by atoms with Gasteiger partial charge in [0.25, 0.3) is 0 Å². The number of benzene rings is 14. The van der Waals surface area contributed by atoms with Crippen LogP contribution in [0.15, 0.2) is 297 Å². The normalized spacial score (nSPS) is 12.6. The van der Waals surface area contributed by atoms with Gasteiger partial charge in [-0.3, -0.25) is 0 Å². The lowest BCUT2D eigenvalue weighted by Gasteiger charge is -2.26. The Morgan fingerprint density at radius 3 is 0.918 bits per heavy atom. The Labute approximate surface area is 495 Å². The summed E-state index contributed by atoms with van der Waals surface area (Å²) in [5.74, 6) is 0. The summed E-state index contributed by atoms with van der Waals surface area (Å²) >= 11 is 0. The van der Waals surface area contributed by atoms with Crippen LogP contribution in [0.3, 0.4) is 0 Å². The Hall–Kier alpha value is -11.1. The quantitative estimate of drug-likeness (QED) is 0.125. The summed E-state index contributed by atoms with van der Waals surface area (Å²) in [6.45, 7) is 0. The standard InChI is InChI=1S/C84H53N/c1-6-16-55(17-7-1)70-45-36-62-28-29-65-52-66(53-77(70)78(62)65)54-30-39-67(40-31-54)85(68-41-32-58(33-42-68)72-47-38-64-27-26-63-37-46-71(82(72)79(63)64)56-18-8-2-9-19-56)69-43-34-59(35-44-69)74-49-51-76-81(61-24-14-5-15-25-61)80(60-22-12-4-13-23-60)75-50-48-73(83(74)84(75)76)57-20-10-3-11-21-57/h1-53H. The van der Waals surface area contributed by atoms with Crippen LogP contribution in [0.2, 0.25) is 0 Å². The summed E-state index contributed by atoms with van der Waals surface area (Å²) in [4.78, 5) is 2.41. The molecule has 0 saturated heterocycles. The van der Waals surface area contributed by atoms with E-state index in [2.05, 4.69) is 326 Å². The Morgan fingerprint density at radius 1 is 0.176 bits per heavy atom. The minimum atomic E-state index is 1.07. The first kappa shape index (κ1) is 48.6. The fourth-order valence-electron chi connectivity index (χ4n) is 14.1. The van der Waals surface area contributed by atoms with Crippen molar-refractivity contribution in [2.75, 3.05) is 4.90 Å². The molecule has 0 aromatic heterocycles. The average molecular weight is 1080 g/mol. The van der Waals surface area contributed by atoms with Gasteiger partial charge in [-0.05, 0) is 203 Å². The molecule has 14 aromatic carbocycles. The predicted octanol–water partition coefficient (Wildman–Crippen LogP) is 22.9. The highest BCUT2D eigenvalue weighted by Gasteiger charge is 2.30. The van der Waals surface area contributed by atoms with Gasteiger partial charge in [0, 0.05) is 17.1 Å². The van der Waals surface area contributed by atoms with Crippen LogP contribution in [0, 0.1) is 0 Å². The summed E-state index contributed by atoms with van der Waals surface area (Å²) in [7, 11) is 0. The van der Waals surface area contributed by atoms with Gasteiger partial charge in [0.05, 0.1) is 0 Å². The molecule has 0 spiro atoms. The van der Waals surface area contributed by atoms with Crippen LogP contribution < -0.4 is 4.90 Å². The molecular formula is C84H53N. The van der Waals surface area contributed by atoms with Gasteiger partial charge in [0.2, 0.25) is 0 Å². The highest BCUT2D eigenvalue weighted by atomic mass is 15.1. The van der Waals surface area contributed by atoms with Crippen molar-refractivity contribution in [1.82, 2.24) is 0 Å². The third-order valence-electron chi connectivity index (χ3n) is 17.9. The van der Waals surface area contributed by atoms with E-state index in [0.717, 1.165) is 22.6 Å². The highest BCUT2D eigenvalue weighted by Crippen LogP contribution is 2.53. The maximum Gasteiger partial charge on any atom is 0.0462 e. The van der Waals surface area contributed by atoms with E-state index in [-0.39, 0.29) is 0 Å². The second kappa shape index (κ2) is 19.8. The SMILES string of the molecule is C1=Cc2cc(-c3ccc(N(c4ccc(-c5ccc6c7c(ccc(-c8ccccc8)c57)C=C6)cc4)c4ccc(-c5ccc6c7c(ccc(-c8ccccc8)c57)C(c5ccccc5)=C6c5ccccc5)cc4)cc3)cc3c(-c4ccccc4)ccc1c23. The van der Waals surface area contributed by atoms with Gasteiger partial charge in [-0.2, -0.15) is 0 Å². The first-order valence-electron chi connectivity index (χ1n) is 29.5. The van der Waals surface area contributed by atoms with Crippen molar-refractivity contribution in [3.63, 3.8) is 0 Å². The van der Waals surface area contributed by atoms with Crippen molar-refractivity contribution in [2.24, 2.45) is 0 Å². The zero-order valence-electron chi connectivity index (χ0n) is 46.5. The van der Waals surface area contributed by atoms with E-state index in [4.69, 9.17) is 0 Å². The summed E-state index contributed by atoms with van der Waals surface area (Å²) in [5, 5.41) is 7.77. The molecule has 0 unspecified atom stereocenters. The number of hydrogen-bond acceptors (Lipinski definition) is 1. The Bertz CT molecular complexity index is 5010. The van der Waals surface area contributed by atoms with Crippen molar-refractivity contribution in [3.8, 4) is 66.8 Å². The smallest absolute Gasteiger partial charge is 0.0462 e. The Balaban J connectivity index is 0.808. The Kier molecular flexibility index (Phi) is 11.3. The Morgan fingerprint density at radius 2 is 0.482 bits per heavy atom. The molecule has 85 heavy (non-hydrogen) atoms. The van der Waals surface area contributed by atoms with Crippen LogP contribution in [0.4, 0.5) is 17.1 Å². The molecule has 0 radical (unpaired) electrons. The average Bonchev–Trinajstić information content (AvgIpc) is 4.51. The predicted molar refractivity (Wildman–Crippen MR) is 362 cm³/mol. The molecule has 3 aliphatic rings. The van der Waals surface area contributed by atoms with Gasteiger partial charge in [0.1, 0.15) is 0 Å². The largest absolute Gasteiger partial charge is 0.311 e. The number of rotatable bonds is 11. The molecule has 0 fully saturated rings.